The Balaban J connectivity index is 2.12. The second-order valence-electron chi connectivity index (χ2n) is 6.53. The summed E-state index contributed by atoms with van der Waals surface area (Å²) in [5.41, 5.74) is 6.68. The summed E-state index contributed by atoms with van der Waals surface area (Å²) in [7, 11) is 0. The van der Waals surface area contributed by atoms with Crippen molar-refractivity contribution in [3.63, 3.8) is 0 Å². The lowest BCUT2D eigenvalue weighted by molar-refractivity contribution is 0.0928. The maximum absolute atomic E-state index is 12.4. The summed E-state index contributed by atoms with van der Waals surface area (Å²) in [6.45, 7) is 9.83. The Morgan fingerprint density at radius 3 is 2.42 bits per heavy atom. The van der Waals surface area contributed by atoms with Crippen LogP contribution >= 0.6 is 0 Å². The molecule has 2 aromatic heterocycles. The molecule has 0 spiro atoms. The number of carbonyl (C=O) groups is 1. The van der Waals surface area contributed by atoms with Gasteiger partial charge < -0.3 is 15.5 Å². The first-order chi connectivity index (χ1) is 11.3. The summed E-state index contributed by atoms with van der Waals surface area (Å²) in [5, 5.41) is 10.7. The molecule has 2 aromatic rings. The van der Waals surface area contributed by atoms with Crippen molar-refractivity contribution in [1.29, 1.82) is 0 Å². The van der Waals surface area contributed by atoms with Crippen molar-refractivity contribution in [2.24, 2.45) is 5.92 Å². The average Bonchev–Trinajstić information content (AvgIpc) is 2.95. The number of amides is 1. The van der Waals surface area contributed by atoms with Crippen molar-refractivity contribution in [2.75, 3.05) is 5.73 Å². The molecule has 8 heteroatoms. The van der Waals surface area contributed by atoms with Crippen LogP contribution in [0.3, 0.4) is 0 Å². The van der Waals surface area contributed by atoms with E-state index in [0.29, 0.717) is 17.7 Å². The molecule has 24 heavy (non-hydrogen) atoms. The fourth-order valence-corrected chi connectivity index (χ4v) is 2.14. The Kier molecular flexibility index (Phi) is 5.48. The summed E-state index contributed by atoms with van der Waals surface area (Å²) in [6, 6.07) is 1.23. The molecule has 130 valence electrons. The molecule has 0 fully saturated rings. The highest BCUT2D eigenvalue weighted by Crippen LogP contribution is 2.17. The molecule has 0 saturated carbocycles. The molecule has 0 bridgehead atoms. The average molecular weight is 332 g/mol. The Morgan fingerprint density at radius 2 is 1.83 bits per heavy atom. The Morgan fingerprint density at radius 1 is 1.17 bits per heavy atom. The quantitative estimate of drug-likeness (QED) is 0.832. The molecule has 2 rings (SSSR count). The highest BCUT2D eigenvalue weighted by atomic mass is 16.4. The summed E-state index contributed by atoms with van der Waals surface area (Å²) >= 11 is 0. The number of hydrogen-bond acceptors (Lipinski definition) is 7. The van der Waals surface area contributed by atoms with E-state index in [9.17, 15) is 4.79 Å². The normalized spacial score (nSPS) is 12.6. The Labute approximate surface area is 141 Å². The Bertz CT molecular complexity index is 710. The molecular formula is C16H24N6O2. The lowest BCUT2D eigenvalue weighted by Crippen LogP contribution is -2.28. The lowest BCUT2D eigenvalue weighted by atomic mass is 10.1. The van der Waals surface area contributed by atoms with E-state index in [-0.39, 0.29) is 23.5 Å². The highest BCUT2D eigenvalue weighted by Gasteiger charge is 2.20. The Hall–Kier alpha value is -2.51. The summed E-state index contributed by atoms with van der Waals surface area (Å²) in [4.78, 5) is 20.6. The van der Waals surface area contributed by atoms with Crippen molar-refractivity contribution in [2.45, 2.75) is 53.0 Å². The van der Waals surface area contributed by atoms with Crippen molar-refractivity contribution < 1.29 is 9.21 Å². The van der Waals surface area contributed by atoms with Crippen LogP contribution in [-0.4, -0.2) is 26.1 Å². The highest BCUT2D eigenvalue weighted by molar-refractivity contribution is 5.92. The van der Waals surface area contributed by atoms with Crippen LogP contribution < -0.4 is 11.1 Å². The number of rotatable bonds is 6. The van der Waals surface area contributed by atoms with Crippen LogP contribution in [0.5, 0.6) is 0 Å². The van der Waals surface area contributed by atoms with E-state index in [1.165, 1.54) is 0 Å². The molecule has 0 unspecified atom stereocenters. The fraction of sp³-hybridized carbons (Fsp3) is 0.562. The van der Waals surface area contributed by atoms with Crippen LogP contribution in [0.4, 0.5) is 5.95 Å². The maximum atomic E-state index is 12.4. The van der Waals surface area contributed by atoms with Gasteiger partial charge in [-0.3, -0.25) is 4.79 Å². The molecule has 8 nitrogen and oxygen atoms in total. The van der Waals surface area contributed by atoms with E-state index in [4.69, 9.17) is 10.2 Å². The standard InChI is InChI=1S/C16H24N6O2/c1-8(2)6-11-7-12(20-16(17)19-11)13(23)18-10(5)15-22-21-14(24-15)9(3)4/h7-10H,6H2,1-5H3,(H,18,23)(H2,17,19,20)/t10-/m0/s1. The topological polar surface area (TPSA) is 120 Å². The van der Waals surface area contributed by atoms with E-state index in [2.05, 4.69) is 39.3 Å². The molecule has 0 aliphatic carbocycles. The van der Waals surface area contributed by atoms with Crippen LogP contribution in [0.25, 0.3) is 0 Å². The number of anilines is 1. The molecular weight excluding hydrogens is 308 g/mol. The second kappa shape index (κ2) is 7.37. The zero-order valence-corrected chi connectivity index (χ0v) is 14.7. The van der Waals surface area contributed by atoms with Gasteiger partial charge in [0.1, 0.15) is 11.7 Å². The van der Waals surface area contributed by atoms with Gasteiger partial charge in [-0.05, 0) is 25.3 Å². The van der Waals surface area contributed by atoms with E-state index in [1.54, 1.807) is 13.0 Å². The summed E-state index contributed by atoms with van der Waals surface area (Å²) in [5.74, 6) is 1.17. The third-order valence-corrected chi connectivity index (χ3v) is 3.31. The number of carbonyl (C=O) groups excluding carboxylic acids is 1. The first kappa shape index (κ1) is 17.8. The third kappa shape index (κ3) is 4.50. The van der Waals surface area contributed by atoms with Gasteiger partial charge >= 0.3 is 0 Å². The van der Waals surface area contributed by atoms with Crippen molar-refractivity contribution in [3.05, 3.63) is 29.2 Å². The van der Waals surface area contributed by atoms with Gasteiger partial charge in [0.15, 0.2) is 0 Å². The van der Waals surface area contributed by atoms with Gasteiger partial charge in [0.05, 0.1) is 0 Å². The predicted octanol–water partition coefficient (Wildman–Crippen LogP) is 2.25. The van der Waals surface area contributed by atoms with Crippen LogP contribution in [0.15, 0.2) is 10.5 Å². The number of nitrogens with one attached hydrogen (secondary N) is 1. The van der Waals surface area contributed by atoms with Crippen molar-refractivity contribution >= 4 is 11.9 Å². The maximum Gasteiger partial charge on any atom is 0.270 e. The van der Waals surface area contributed by atoms with Gasteiger partial charge in [-0.25, -0.2) is 9.97 Å². The minimum atomic E-state index is -0.428. The molecule has 1 amide bonds. The largest absolute Gasteiger partial charge is 0.423 e. The molecule has 1 atom stereocenters. The number of nitrogen functional groups attached to an aromatic ring is 1. The van der Waals surface area contributed by atoms with Gasteiger partial charge in [-0.2, -0.15) is 0 Å². The van der Waals surface area contributed by atoms with E-state index < -0.39 is 6.04 Å². The molecule has 2 heterocycles. The SMILES string of the molecule is CC(C)Cc1cc(C(=O)N[C@@H](C)c2nnc(C(C)C)o2)nc(N)n1. The van der Waals surface area contributed by atoms with Crippen LogP contribution in [0, 0.1) is 5.92 Å². The van der Waals surface area contributed by atoms with Gasteiger partial charge in [-0.15, -0.1) is 10.2 Å². The smallest absolute Gasteiger partial charge is 0.270 e. The van der Waals surface area contributed by atoms with Crippen LogP contribution in [-0.2, 0) is 6.42 Å². The van der Waals surface area contributed by atoms with Crippen LogP contribution in [0.2, 0.25) is 0 Å². The fourth-order valence-electron chi connectivity index (χ4n) is 2.14. The summed E-state index contributed by atoms with van der Waals surface area (Å²) < 4.78 is 5.55. The second-order valence-corrected chi connectivity index (χ2v) is 6.53. The molecule has 0 radical (unpaired) electrons. The van der Waals surface area contributed by atoms with E-state index in [1.807, 2.05) is 13.8 Å². The monoisotopic (exact) mass is 332 g/mol. The molecule has 0 saturated heterocycles. The van der Waals surface area contributed by atoms with Gasteiger partial charge in [0.25, 0.3) is 5.91 Å². The first-order valence-corrected chi connectivity index (χ1v) is 8.03. The first-order valence-electron chi connectivity index (χ1n) is 8.03. The molecule has 0 aliphatic heterocycles. The lowest BCUT2D eigenvalue weighted by Gasteiger charge is -2.11. The third-order valence-electron chi connectivity index (χ3n) is 3.31. The van der Waals surface area contributed by atoms with Gasteiger partial charge in [0.2, 0.25) is 17.7 Å². The number of hydrogen-bond donors (Lipinski definition) is 2. The van der Waals surface area contributed by atoms with Gasteiger partial charge in [0, 0.05) is 11.6 Å². The predicted molar refractivity (Wildman–Crippen MR) is 89.3 cm³/mol. The van der Waals surface area contributed by atoms with E-state index in [0.717, 1.165) is 12.1 Å². The molecule has 0 aliphatic rings. The summed E-state index contributed by atoms with van der Waals surface area (Å²) in [6.07, 6.45) is 0.726. The zero-order valence-electron chi connectivity index (χ0n) is 14.7. The number of nitrogens with zero attached hydrogens (tertiary/aromatic N) is 4. The zero-order chi connectivity index (χ0) is 17.9. The van der Waals surface area contributed by atoms with E-state index >= 15 is 0 Å². The molecule has 3 N–H and O–H groups in total. The van der Waals surface area contributed by atoms with Crippen LogP contribution in [0.1, 0.15) is 74.5 Å². The van der Waals surface area contributed by atoms with Crippen molar-refractivity contribution in [3.8, 4) is 0 Å². The molecule has 0 aromatic carbocycles. The minimum absolute atomic E-state index is 0.0887. The number of aromatic nitrogens is 4. The number of nitrogens with two attached hydrogens (primary N) is 1. The minimum Gasteiger partial charge on any atom is -0.423 e. The van der Waals surface area contributed by atoms with Gasteiger partial charge in [-0.1, -0.05) is 27.7 Å². The van der Waals surface area contributed by atoms with Crippen molar-refractivity contribution in [1.82, 2.24) is 25.5 Å².